The summed E-state index contributed by atoms with van der Waals surface area (Å²) in [5.74, 6) is 0. The molecule has 0 aliphatic carbocycles. The van der Waals surface area contributed by atoms with E-state index in [1.54, 1.807) is 0 Å². The lowest BCUT2D eigenvalue weighted by Crippen LogP contribution is -2.12. The highest BCUT2D eigenvalue weighted by Gasteiger charge is 2.08. The highest BCUT2D eigenvalue weighted by Crippen LogP contribution is 2.29. The lowest BCUT2D eigenvalue weighted by Gasteiger charge is -2.23. The minimum Gasteiger partial charge on any atom is -0.344 e. The van der Waals surface area contributed by atoms with Crippen LogP contribution >= 0.6 is 0 Å². The van der Waals surface area contributed by atoms with Crippen molar-refractivity contribution in [2.75, 3.05) is 11.9 Å². The zero-order valence-corrected chi connectivity index (χ0v) is 11.0. The Balaban J connectivity index is 2.43. The highest BCUT2D eigenvalue weighted by molar-refractivity contribution is 5.68. The molecule has 0 heterocycles. The Morgan fingerprint density at radius 3 is 1.82 bits per heavy atom. The van der Waals surface area contributed by atoms with Crippen molar-refractivity contribution in [2.24, 2.45) is 0 Å². The van der Waals surface area contributed by atoms with Gasteiger partial charge >= 0.3 is 0 Å². The summed E-state index contributed by atoms with van der Waals surface area (Å²) in [5, 5.41) is 0. The van der Waals surface area contributed by atoms with E-state index in [1.165, 1.54) is 28.1 Å². The zero-order chi connectivity index (χ0) is 12.4. The normalized spacial score (nSPS) is 10.4. The number of benzene rings is 2. The van der Waals surface area contributed by atoms with Crippen molar-refractivity contribution in [1.29, 1.82) is 0 Å². The molecule has 2 aromatic rings. The summed E-state index contributed by atoms with van der Waals surface area (Å²) in [6.45, 7) is 6.43. The van der Waals surface area contributed by atoms with Crippen molar-refractivity contribution in [1.82, 2.24) is 0 Å². The molecule has 1 heteroatoms. The van der Waals surface area contributed by atoms with Crippen molar-refractivity contribution in [2.45, 2.75) is 20.8 Å². The molecule has 0 fully saturated rings. The van der Waals surface area contributed by atoms with E-state index in [2.05, 4.69) is 75.2 Å². The van der Waals surface area contributed by atoms with E-state index in [0.717, 1.165) is 0 Å². The SMILES string of the molecule is Cc1ccc(N(C)c2c(C)cccc2C)cc1. The molecule has 0 atom stereocenters. The van der Waals surface area contributed by atoms with Gasteiger partial charge in [0.15, 0.2) is 0 Å². The first-order chi connectivity index (χ1) is 8.09. The predicted molar refractivity (Wildman–Crippen MR) is 75.2 cm³/mol. The maximum atomic E-state index is 2.25. The summed E-state index contributed by atoms with van der Waals surface area (Å²) >= 11 is 0. The van der Waals surface area contributed by atoms with Gasteiger partial charge in [0.2, 0.25) is 0 Å². The van der Waals surface area contributed by atoms with E-state index >= 15 is 0 Å². The summed E-state index contributed by atoms with van der Waals surface area (Å²) in [6.07, 6.45) is 0. The number of hydrogen-bond donors (Lipinski definition) is 0. The molecular weight excluding hydrogens is 206 g/mol. The standard InChI is InChI=1S/C16H19N/c1-12-8-10-15(11-9-12)17(4)16-13(2)6-5-7-14(16)3/h5-11H,1-4H3. The Morgan fingerprint density at radius 2 is 1.29 bits per heavy atom. The molecule has 2 aromatic carbocycles. The minimum atomic E-state index is 1.23. The molecule has 0 saturated carbocycles. The Labute approximate surface area is 104 Å². The highest BCUT2D eigenvalue weighted by atomic mass is 15.1. The van der Waals surface area contributed by atoms with Gasteiger partial charge in [-0.2, -0.15) is 0 Å². The van der Waals surface area contributed by atoms with Gasteiger partial charge < -0.3 is 4.90 Å². The molecule has 0 radical (unpaired) electrons. The van der Waals surface area contributed by atoms with E-state index in [4.69, 9.17) is 0 Å². The van der Waals surface area contributed by atoms with Crippen LogP contribution in [-0.4, -0.2) is 7.05 Å². The molecular formula is C16H19N. The van der Waals surface area contributed by atoms with E-state index < -0.39 is 0 Å². The number of aryl methyl sites for hydroxylation is 3. The fraction of sp³-hybridized carbons (Fsp3) is 0.250. The van der Waals surface area contributed by atoms with Crippen LogP contribution in [0, 0.1) is 20.8 Å². The first-order valence-electron chi connectivity index (χ1n) is 5.96. The van der Waals surface area contributed by atoms with E-state index in [1.807, 2.05) is 0 Å². The third kappa shape index (κ3) is 2.33. The largest absolute Gasteiger partial charge is 0.344 e. The Hall–Kier alpha value is -1.76. The fourth-order valence-electron chi connectivity index (χ4n) is 2.23. The van der Waals surface area contributed by atoms with Gasteiger partial charge in [-0.05, 0) is 44.0 Å². The van der Waals surface area contributed by atoms with Crippen molar-refractivity contribution in [3.8, 4) is 0 Å². The smallest absolute Gasteiger partial charge is 0.0467 e. The molecule has 17 heavy (non-hydrogen) atoms. The average Bonchev–Trinajstić information content (AvgIpc) is 2.29. The molecule has 0 amide bonds. The van der Waals surface area contributed by atoms with Gasteiger partial charge in [-0.1, -0.05) is 35.9 Å². The average molecular weight is 225 g/mol. The quantitative estimate of drug-likeness (QED) is 0.733. The zero-order valence-electron chi connectivity index (χ0n) is 11.0. The van der Waals surface area contributed by atoms with Crippen molar-refractivity contribution >= 4 is 11.4 Å². The monoisotopic (exact) mass is 225 g/mol. The summed E-state index contributed by atoms with van der Waals surface area (Å²) in [7, 11) is 2.12. The molecule has 0 bridgehead atoms. The van der Waals surface area contributed by atoms with Crippen molar-refractivity contribution in [3.05, 3.63) is 59.2 Å². The minimum absolute atomic E-state index is 1.23. The van der Waals surface area contributed by atoms with Crippen molar-refractivity contribution < 1.29 is 0 Å². The topological polar surface area (TPSA) is 3.24 Å². The molecule has 0 aliphatic heterocycles. The van der Waals surface area contributed by atoms with E-state index in [9.17, 15) is 0 Å². The third-order valence-electron chi connectivity index (χ3n) is 3.20. The van der Waals surface area contributed by atoms with Crippen LogP contribution < -0.4 is 4.90 Å². The second kappa shape index (κ2) is 4.62. The van der Waals surface area contributed by atoms with E-state index in [0.29, 0.717) is 0 Å². The first kappa shape index (κ1) is 11.7. The molecule has 0 aliphatic rings. The molecule has 0 aromatic heterocycles. The lowest BCUT2D eigenvalue weighted by atomic mass is 10.1. The first-order valence-corrected chi connectivity index (χ1v) is 5.96. The second-order valence-electron chi connectivity index (χ2n) is 4.63. The maximum absolute atomic E-state index is 2.25. The number of rotatable bonds is 2. The Kier molecular flexibility index (Phi) is 3.19. The maximum Gasteiger partial charge on any atom is 0.0467 e. The molecule has 88 valence electrons. The summed E-state index contributed by atoms with van der Waals surface area (Å²) in [6, 6.07) is 15.1. The van der Waals surface area contributed by atoms with Crippen LogP contribution in [0.5, 0.6) is 0 Å². The molecule has 2 rings (SSSR count). The molecule has 0 spiro atoms. The third-order valence-corrected chi connectivity index (χ3v) is 3.20. The van der Waals surface area contributed by atoms with Crippen LogP contribution in [0.3, 0.4) is 0 Å². The molecule has 0 N–H and O–H groups in total. The van der Waals surface area contributed by atoms with Gasteiger partial charge in [0.1, 0.15) is 0 Å². The van der Waals surface area contributed by atoms with E-state index in [-0.39, 0.29) is 0 Å². The number of hydrogen-bond acceptors (Lipinski definition) is 1. The van der Waals surface area contributed by atoms with Gasteiger partial charge in [-0.15, -0.1) is 0 Å². The summed E-state index contributed by atoms with van der Waals surface area (Å²) in [5.41, 5.74) is 6.45. The number of anilines is 2. The van der Waals surface area contributed by atoms with Crippen LogP contribution in [-0.2, 0) is 0 Å². The summed E-state index contributed by atoms with van der Waals surface area (Å²) < 4.78 is 0. The predicted octanol–water partition coefficient (Wildman–Crippen LogP) is 4.38. The van der Waals surface area contributed by atoms with Crippen LogP contribution in [0.1, 0.15) is 16.7 Å². The van der Waals surface area contributed by atoms with Gasteiger partial charge in [0.05, 0.1) is 0 Å². The molecule has 1 nitrogen and oxygen atoms in total. The Morgan fingerprint density at radius 1 is 0.765 bits per heavy atom. The Bertz CT molecular complexity index is 491. The molecule has 0 unspecified atom stereocenters. The second-order valence-corrected chi connectivity index (χ2v) is 4.63. The van der Waals surface area contributed by atoms with Gasteiger partial charge in [-0.25, -0.2) is 0 Å². The fourth-order valence-corrected chi connectivity index (χ4v) is 2.23. The van der Waals surface area contributed by atoms with Gasteiger partial charge in [0.25, 0.3) is 0 Å². The number of para-hydroxylation sites is 1. The van der Waals surface area contributed by atoms with Gasteiger partial charge in [-0.3, -0.25) is 0 Å². The summed E-state index contributed by atoms with van der Waals surface area (Å²) in [4.78, 5) is 2.25. The lowest BCUT2D eigenvalue weighted by molar-refractivity contribution is 1.16. The van der Waals surface area contributed by atoms with Crippen LogP contribution in [0.15, 0.2) is 42.5 Å². The molecule has 0 saturated heterocycles. The van der Waals surface area contributed by atoms with Gasteiger partial charge in [0, 0.05) is 18.4 Å². The van der Waals surface area contributed by atoms with Crippen LogP contribution in [0.25, 0.3) is 0 Å². The van der Waals surface area contributed by atoms with Crippen LogP contribution in [0.4, 0.5) is 11.4 Å². The van der Waals surface area contributed by atoms with Crippen molar-refractivity contribution in [3.63, 3.8) is 0 Å². The van der Waals surface area contributed by atoms with Crippen LogP contribution in [0.2, 0.25) is 0 Å². The number of nitrogens with zero attached hydrogens (tertiary/aromatic N) is 1.